The SMILES string of the molecule is CCOC(=O)c1sc(N2CCOCC2)c(C(N)=O)c1N. The van der Waals surface area contributed by atoms with E-state index in [9.17, 15) is 9.59 Å². The molecule has 0 unspecified atom stereocenters. The lowest BCUT2D eigenvalue weighted by Crippen LogP contribution is -2.36. The normalized spacial score (nSPS) is 15.2. The molecule has 110 valence electrons. The maximum absolute atomic E-state index is 11.8. The van der Waals surface area contributed by atoms with Gasteiger partial charge in [0.05, 0.1) is 31.1 Å². The first kappa shape index (κ1) is 14.6. The predicted octanol–water partition coefficient (Wildman–Crippen LogP) is 0.443. The Hall–Kier alpha value is -1.80. The van der Waals surface area contributed by atoms with Gasteiger partial charge in [-0.05, 0) is 6.92 Å². The number of anilines is 2. The molecule has 2 heterocycles. The number of carbonyl (C=O) groups excluding carboxylic acids is 2. The average molecular weight is 299 g/mol. The van der Waals surface area contributed by atoms with Gasteiger partial charge in [-0.2, -0.15) is 0 Å². The van der Waals surface area contributed by atoms with Gasteiger partial charge in [-0.3, -0.25) is 4.79 Å². The Morgan fingerprint density at radius 2 is 2.05 bits per heavy atom. The number of primary amides is 1. The monoisotopic (exact) mass is 299 g/mol. The number of thiophene rings is 1. The summed E-state index contributed by atoms with van der Waals surface area (Å²) >= 11 is 1.14. The molecule has 1 aliphatic rings. The van der Waals surface area contributed by atoms with Crippen molar-refractivity contribution in [3.05, 3.63) is 10.4 Å². The summed E-state index contributed by atoms with van der Waals surface area (Å²) in [7, 11) is 0. The zero-order valence-corrected chi connectivity index (χ0v) is 12.0. The summed E-state index contributed by atoms with van der Waals surface area (Å²) in [5.41, 5.74) is 11.6. The first-order valence-corrected chi connectivity index (χ1v) is 7.09. The van der Waals surface area contributed by atoms with Gasteiger partial charge in [0, 0.05) is 13.1 Å². The Bertz CT molecular complexity index is 523. The first-order valence-electron chi connectivity index (χ1n) is 6.28. The Balaban J connectivity index is 2.41. The highest BCUT2D eigenvalue weighted by molar-refractivity contribution is 7.19. The quantitative estimate of drug-likeness (QED) is 0.781. The second-order valence-electron chi connectivity index (χ2n) is 4.21. The molecule has 1 saturated heterocycles. The van der Waals surface area contributed by atoms with Crippen LogP contribution in [0, 0.1) is 0 Å². The third-order valence-electron chi connectivity index (χ3n) is 2.93. The second-order valence-corrected chi connectivity index (χ2v) is 5.21. The fourth-order valence-corrected chi connectivity index (χ4v) is 3.18. The van der Waals surface area contributed by atoms with Gasteiger partial charge in [-0.25, -0.2) is 4.79 Å². The average Bonchev–Trinajstić information content (AvgIpc) is 2.78. The van der Waals surface area contributed by atoms with Gasteiger partial charge in [0.25, 0.3) is 5.91 Å². The number of nitrogens with two attached hydrogens (primary N) is 2. The van der Waals surface area contributed by atoms with E-state index in [1.807, 2.05) is 4.90 Å². The van der Waals surface area contributed by atoms with Crippen LogP contribution < -0.4 is 16.4 Å². The molecule has 0 aromatic carbocycles. The lowest BCUT2D eigenvalue weighted by Gasteiger charge is -2.28. The van der Waals surface area contributed by atoms with Crippen molar-refractivity contribution < 1.29 is 19.1 Å². The molecular weight excluding hydrogens is 282 g/mol. The topological polar surface area (TPSA) is 108 Å². The molecule has 1 aromatic rings. The van der Waals surface area contributed by atoms with E-state index in [-0.39, 0.29) is 22.7 Å². The van der Waals surface area contributed by atoms with Gasteiger partial charge >= 0.3 is 5.97 Å². The van der Waals surface area contributed by atoms with Crippen LogP contribution in [0.3, 0.4) is 0 Å². The minimum Gasteiger partial charge on any atom is -0.462 e. The van der Waals surface area contributed by atoms with E-state index >= 15 is 0 Å². The summed E-state index contributed by atoms with van der Waals surface area (Å²) in [4.78, 5) is 25.6. The van der Waals surface area contributed by atoms with Gasteiger partial charge in [0.1, 0.15) is 9.88 Å². The molecule has 1 amide bonds. The molecule has 0 saturated carbocycles. The number of hydrogen-bond donors (Lipinski definition) is 2. The summed E-state index contributed by atoms with van der Waals surface area (Å²) in [6, 6.07) is 0. The lowest BCUT2D eigenvalue weighted by molar-refractivity contribution is 0.0533. The summed E-state index contributed by atoms with van der Waals surface area (Å²) in [5, 5.41) is 0.612. The number of nitrogen functional groups attached to an aromatic ring is 1. The third kappa shape index (κ3) is 2.70. The predicted molar refractivity (Wildman–Crippen MR) is 76.2 cm³/mol. The Kier molecular flexibility index (Phi) is 4.46. The highest BCUT2D eigenvalue weighted by atomic mass is 32.1. The number of ether oxygens (including phenoxy) is 2. The Morgan fingerprint density at radius 1 is 1.40 bits per heavy atom. The molecule has 1 aromatic heterocycles. The molecule has 0 atom stereocenters. The van der Waals surface area contributed by atoms with Gasteiger partial charge in [0.2, 0.25) is 0 Å². The number of amides is 1. The second kappa shape index (κ2) is 6.10. The summed E-state index contributed by atoms with van der Waals surface area (Å²) in [6.45, 7) is 4.33. The molecular formula is C12H17N3O4S. The molecule has 8 heteroatoms. The Labute approximate surface area is 120 Å². The maximum Gasteiger partial charge on any atom is 0.350 e. The summed E-state index contributed by atoms with van der Waals surface area (Å²) in [5.74, 6) is -1.17. The standard InChI is InChI=1S/C12H17N3O4S/c1-2-19-12(17)9-8(13)7(10(14)16)11(20-9)15-3-5-18-6-4-15/h2-6,13H2,1H3,(H2,14,16). The van der Waals surface area contributed by atoms with Crippen molar-refractivity contribution in [2.24, 2.45) is 5.73 Å². The fourth-order valence-electron chi connectivity index (χ4n) is 2.01. The number of rotatable bonds is 4. The van der Waals surface area contributed by atoms with Gasteiger partial charge < -0.3 is 25.8 Å². The largest absolute Gasteiger partial charge is 0.462 e. The molecule has 0 spiro atoms. The highest BCUT2D eigenvalue weighted by Crippen LogP contribution is 2.38. The van der Waals surface area contributed by atoms with Crippen LogP contribution in [-0.4, -0.2) is 44.8 Å². The smallest absolute Gasteiger partial charge is 0.350 e. The molecule has 20 heavy (non-hydrogen) atoms. The van der Waals surface area contributed by atoms with Crippen LogP contribution in [0.1, 0.15) is 27.0 Å². The zero-order chi connectivity index (χ0) is 14.7. The molecule has 0 bridgehead atoms. The van der Waals surface area contributed by atoms with Gasteiger partial charge in [0.15, 0.2) is 0 Å². The minimum atomic E-state index is -0.643. The molecule has 0 aliphatic carbocycles. The van der Waals surface area contributed by atoms with Crippen LogP contribution in [0.15, 0.2) is 0 Å². The Morgan fingerprint density at radius 3 is 2.60 bits per heavy atom. The summed E-state index contributed by atoms with van der Waals surface area (Å²) in [6.07, 6.45) is 0. The first-order chi connectivity index (χ1) is 9.56. The van der Waals surface area contributed by atoms with Crippen molar-refractivity contribution in [1.82, 2.24) is 0 Å². The molecule has 0 radical (unpaired) electrons. The number of nitrogens with zero attached hydrogens (tertiary/aromatic N) is 1. The molecule has 4 N–H and O–H groups in total. The zero-order valence-electron chi connectivity index (χ0n) is 11.2. The fraction of sp³-hybridized carbons (Fsp3) is 0.500. The van der Waals surface area contributed by atoms with Crippen LogP contribution in [0.4, 0.5) is 10.7 Å². The third-order valence-corrected chi connectivity index (χ3v) is 4.18. The summed E-state index contributed by atoms with van der Waals surface area (Å²) < 4.78 is 10.2. The van der Waals surface area contributed by atoms with E-state index in [4.69, 9.17) is 20.9 Å². The van der Waals surface area contributed by atoms with E-state index in [0.717, 1.165) is 11.3 Å². The van der Waals surface area contributed by atoms with Crippen molar-refractivity contribution in [3.8, 4) is 0 Å². The van der Waals surface area contributed by atoms with E-state index in [1.165, 1.54) is 0 Å². The minimum absolute atomic E-state index is 0.0995. The number of carbonyl (C=O) groups is 2. The number of esters is 1. The van der Waals surface area contributed by atoms with Crippen LogP contribution in [0.5, 0.6) is 0 Å². The van der Waals surface area contributed by atoms with Crippen LogP contribution in [0.2, 0.25) is 0 Å². The van der Waals surface area contributed by atoms with Crippen LogP contribution >= 0.6 is 11.3 Å². The van der Waals surface area contributed by atoms with Crippen LogP contribution in [-0.2, 0) is 9.47 Å². The van der Waals surface area contributed by atoms with Crippen molar-refractivity contribution in [2.75, 3.05) is 43.5 Å². The highest BCUT2D eigenvalue weighted by Gasteiger charge is 2.28. The van der Waals surface area contributed by atoms with E-state index < -0.39 is 11.9 Å². The van der Waals surface area contributed by atoms with Crippen LogP contribution in [0.25, 0.3) is 0 Å². The maximum atomic E-state index is 11.8. The molecule has 7 nitrogen and oxygen atoms in total. The van der Waals surface area contributed by atoms with Crippen molar-refractivity contribution >= 4 is 33.9 Å². The van der Waals surface area contributed by atoms with Gasteiger partial charge in [-0.15, -0.1) is 11.3 Å². The molecule has 2 rings (SSSR count). The van der Waals surface area contributed by atoms with Crippen molar-refractivity contribution in [3.63, 3.8) is 0 Å². The van der Waals surface area contributed by atoms with E-state index in [2.05, 4.69) is 0 Å². The number of morpholine rings is 1. The van der Waals surface area contributed by atoms with Crippen molar-refractivity contribution in [1.29, 1.82) is 0 Å². The number of hydrogen-bond acceptors (Lipinski definition) is 7. The molecule has 1 aliphatic heterocycles. The van der Waals surface area contributed by atoms with Gasteiger partial charge in [-0.1, -0.05) is 0 Å². The lowest BCUT2D eigenvalue weighted by atomic mass is 10.2. The molecule has 1 fully saturated rings. The van der Waals surface area contributed by atoms with Crippen molar-refractivity contribution in [2.45, 2.75) is 6.92 Å². The van der Waals surface area contributed by atoms with E-state index in [0.29, 0.717) is 31.3 Å². The van der Waals surface area contributed by atoms with E-state index in [1.54, 1.807) is 6.92 Å².